The van der Waals surface area contributed by atoms with Crippen LogP contribution in [0.25, 0.3) is 22.3 Å². The molecular weight excluding hydrogens is 389 g/mol. The summed E-state index contributed by atoms with van der Waals surface area (Å²) in [5, 5.41) is 12.6. The number of nitrogens with one attached hydrogen (secondary N) is 1. The average molecular weight is 405 g/mol. The first kappa shape index (κ1) is 19.2. The summed E-state index contributed by atoms with van der Waals surface area (Å²) in [6, 6.07) is 18.7. The summed E-state index contributed by atoms with van der Waals surface area (Å²) in [5.74, 6) is -1.02. The van der Waals surface area contributed by atoms with E-state index in [4.69, 9.17) is 9.15 Å². The van der Waals surface area contributed by atoms with Gasteiger partial charge in [0.25, 0.3) is 5.91 Å². The van der Waals surface area contributed by atoms with Gasteiger partial charge in [0.15, 0.2) is 12.0 Å². The van der Waals surface area contributed by atoms with E-state index in [2.05, 4.69) is 5.32 Å². The summed E-state index contributed by atoms with van der Waals surface area (Å²) < 4.78 is 24.8. The first-order valence-electron chi connectivity index (χ1n) is 9.05. The number of ether oxygens (including phenoxy) is 1. The van der Waals surface area contributed by atoms with Crippen LogP contribution in [-0.4, -0.2) is 17.6 Å². The van der Waals surface area contributed by atoms with E-state index < -0.39 is 23.8 Å². The minimum absolute atomic E-state index is 0.0119. The number of rotatable bonds is 5. The topological polar surface area (TPSA) is 88.8 Å². The fraction of sp³-hybridized carbons (Fsp3) is 0.0435. The van der Waals surface area contributed by atoms with Gasteiger partial charge in [-0.2, -0.15) is 0 Å². The Hall–Kier alpha value is -4.13. The number of benzene rings is 3. The third-order valence-corrected chi connectivity index (χ3v) is 4.36. The Bertz CT molecular complexity index is 1280. The number of anilines is 1. The molecule has 1 amide bonds. The maximum absolute atomic E-state index is 13.6. The summed E-state index contributed by atoms with van der Waals surface area (Å²) in [7, 11) is 0. The van der Waals surface area contributed by atoms with Crippen molar-refractivity contribution in [3.05, 3.63) is 88.8 Å². The Labute approximate surface area is 170 Å². The predicted molar refractivity (Wildman–Crippen MR) is 110 cm³/mol. The van der Waals surface area contributed by atoms with Gasteiger partial charge in [-0.15, -0.1) is 0 Å². The minimum atomic E-state index is -0.584. The lowest BCUT2D eigenvalue weighted by Gasteiger charge is -2.10. The molecule has 0 aliphatic carbocycles. The van der Waals surface area contributed by atoms with E-state index in [0.717, 1.165) is 0 Å². The Morgan fingerprint density at radius 2 is 1.77 bits per heavy atom. The lowest BCUT2D eigenvalue weighted by Crippen LogP contribution is -2.20. The highest BCUT2D eigenvalue weighted by atomic mass is 19.1. The van der Waals surface area contributed by atoms with Crippen LogP contribution in [0.3, 0.4) is 0 Å². The zero-order valence-corrected chi connectivity index (χ0v) is 15.6. The smallest absolute Gasteiger partial charge is 0.262 e. The lowest BCUT2D eigenvalue weighted by molar-refractivity contribution is -0.118. The number of para-hydroxylation sites is 1. The van der Waals surface area contributed by atoms with E-state index in [1.54, 1.807) is 18.2 Å². The quantitative estimate of drug-likeness (QED) is 0.516. The van der Waals surface area contributed by atoms with Crippen LogP contribution in [0.15, 0.2) is 82.0 Å². The van der Waals surface area contributed by atoms with Gasteiger partial charge in [-0.3, -0.25) is 9.59 Å². The number of phenols is 1. The van der Waals surface area contributed by atoms with Crippen molar-refractivity contribution in [2.75, 3.05) is 11.9 Å². The number of hydrogen-bond donors (Lipinski definition) is 2. The lowest BCUT2D eigenvalue weighted by atomic mass is 10.1. The van der Waals surface area contributed by atoms with Gasteiger partial charge in [0.1, 0.15) is 34.0 Å². The second-order valence-corrected chi connectivity index (χ2v) is 6.47. The molecule has 150 valence electrons. The minimum Gasteiger partial charge on any atom is -0.507 e. The van der Waals surface area contributed by atoms with Gasteiger partial charge in [-0.05, 0) is 12.1 Å². The van der Waals surface area contributed by atoms with E-state index in [1.807, 2.05) is 18.2 Å². The van der Waals surface area contributed by atoms with Crippen LogP contribution in [0.5, 0.6) is 11.5 Å². The molecule has 1 aromatic heterocycles. The monoisotopic (exact) mass is 405 g/mol. The van der Waals surface area contributed by atoms with Crippen molar-refractivity contribution in [2.24, 2.45) is 0 Å². The normalized spacial score (nSPS) is 10.7. The summed E-state index contributed by atoms with van der Waals surface area (Å²) in [4.78, 5) is 24.5. The van der Waals surface area contributed by atoms with E-state index in [1.165, 1.54) is 36.4 Å². The molecule has 0 atom stereocenters. The second-order valence-electron chi connectivity index (χ2n) is 6.47. The van der Waals surface area contributed by atoms with E-state index >= 15 is 0 Å². The van der Waals surface area contributed by atoms with Crippen LogP contribution < -0.4 is 15.5 Å². The first-order chi connectivity index (χ1) is 14.5. The van der Waals surface area contributed by atoms with Crippen molar-refractivity contribution < 1.29 is 23.4 Å². The molecule has 4 aromatic rings. The van der Waals surface area contributed by atoms with Gasteiger partial charge in [-0.1, -0.05) is 42.5 Å². The van der Waals surface area contributed by atoms with Crippen molar-refractivity contribution >= 4 is 22.6 Å². The van der Waals surface area contributed by atoms with Crippen molar-refractivity contribution in [3.63, 3.8) is 0 Å². The number of phenolic OH excluding ortho intramolecular Hbond substituents is 1. The summed E-state index contributed by atoms with van der Waals surface area (Å²) in [5.41, 5.74) is 0.444. The fourth-order valence-corrected chi connectivity index (χ4v) is 2.97. The summed E-state index contributed by atoms with van der Waals surface area (Å²) >= 11 is 0. The molecule has 0 unspecified atom stereocenters. The highest BCUT2D eigenvalue weighted by molar-refractivity contribution is 5.92. The van der Waals surface area contributed by atoms with E-state index in [-0.39, 0.29) is 28.2 Å². The van der Waals surface area contributed by atoms with Gasteiger partial charge in [-0.25, -0.2) is 4.39 Å². The maximum atomic E-state index is 13.6. The first-order valence-corrected chi connectivity index (χ1v) is 9.05. The predicted octanol–water partition coefficient (Wildman–Crippen LogP) is 4.32. The van der Waals surface area contributed by atoms with Gasteiger partial charge >= 0.3 is 0 Å². The number of amides is 1. The van der Waals surface area contributed by atoms with Gasteiger partial charge in [0.05, 0.1) is 5.69 Å². The molecule has 0 saturated heterocycles. The number of carbonyl (C=O) groups excluding carboxylic acids is 1. The zero-order chi connectivity index (χ0) is 21.1. The molecule has 6 nitrogen and oxygen atoms in total. The molecular formula is C23H16FNO5. The molecule has 0 saturated carbocycles. The molecule has 0 aliphatic rings. The van der Waals surface area contributed by atoms with Crippen LogP contribution in [0.4, 0.5) is 10.1 Å². The largest absolute Gasteiger partial charge is 0.507 e. The van der Waals surface area contributed by atoms with Gasteiger partial charge in [0.2, 0.25) is 0 Å². The van der Waals surface area contributed by atoms with Crippen LogP contribution in [-0.2, 0) is 4.79 Å². The average Bonchev–Trinajstić information content (AvgIpc) is 2.74. The molecule has 0 radical (unpaired) electrons. The third-order valence-electron chi connectivity index (χ3n) is 4.36. The third kappa shape index (κ3) is 4.00. The SMILES string of the molecule is O=C(COc1cc(O)c2c(=O)cc(-c3ccccc3)oc2c1)Nc1ccccc1F. The molecule has 0 aliphatic heterocycles. The molecule has 1 heterocycles. The van der Waals surface area contributed by atoms with Crippen molar-refractivity contribution in [1.29, 1.82) is 0 Å². The Balaban J connectivity index is 1.58. The Kier molecular flexibility index (Phi) is 5.17. The second kappa shape index (κ2) is 8.08. The summed E-state index contributed by atoms with van der Waals surface area (Å²) in [6.45, 7) is -0.429. The highest BCUT2D eigenvalue weighted by Gasteiger charge is 2.14. The standard InChI is InChI=1S/C23H16FNO5/c24-16-8-4-5-9-17(16)25-22(28)13-29-15-10-18(26)23-19(27)12-20(30-21(23)11-15)14-6-2-1-3-7-14/h1-12,26H,13H2,(H,25,28). The number of fused-ring (bicyclic) bond motifs is 1. The van der Waals surface area contributed by atoms with Crippen LogP contribution in [0.1, 0.15) is 0 Å². The fourth-order valence-electron chi connectivity index (χ4n) is 2.97. The molecule has 3 aromatic carbocycles. The van der Waals surface area contributed by atoms with E-state index in [0.29, 0.717) is 11.3 Å². The Morgan fingerprint density at radius 3 is 2.53 bits per heavy atom. The van der Waals surface area contributed by atoms with Crippen LogP contribution >= 0.6 is 0 Å². The molecule has 7 heteroatoms. The molecule has 0 bridgehead atoms. The molecule has 4 rings (SSSR count). The van der Waals surface area contributed by atoms with Crippen molar-refractivity contribution in [3.8, 4) is 22.8 Å². The molecule has 30 heavy (non-hydrogen) atoms. The van der Waals surface area contributed by atoms with Crippen molar-refractivity contribution in [1.82, 2.24) is 0 Å². The van der Waals surface area contributed by atoms with Gasteiger partial charge in [0, 0.05) is 23.8 Å². The molecule has 0 fully saturated rings. The van der Waals surface area contributed by atoms with Crippen molar-refractivity contribution in [2.45, 2.75) is 0 Å². The number of hydrogen-bond acceptors (Lipinski definition) is 5. The number of aromatic hydroxyl groups is 1. The zero-order valence-electron chi connectivity index (χ0n) is 15.6. The highest BCUT2D eigenvalue weighted by Crippen LogP contribution is 2.31. The summed E-state index contributed by atoms with van der Waals surface area (Å²) in [6.07, 6.45) is 0. The molecule has 2 N–H and O–H groups in total. The van der Waals surface area contributed by atoms with Crippen LogP contribution in [0, 0.1) is 5.82 Å². The molecule has 0 spiro atoms. The van der Waals surface area contributed by atoms with Crippen LogP contribution in [0.2, 0.25) is 0 Å². The van der Waals surface area contributed by atoms with Gasteiger partial charge < -0.3 is 19.6 Å². The number of halogens is 1. The number of carbonyl (C=O) groups is 1. The Morgan fingerprint density at radius 1 is 1.03 bits per heavy atom. The van der Waals surface area contributed by atoms with E-state index in [9.17, 15) is 19.1 Å². The maximum Gasteiger partial charge on any atom is 0.262 e.